The fraction of sp³-hybridized carbons (Fsp3) is 0.688. The zero-order chi connectivity index (χ0) is 16.1. The van der Waals surface area contributed by atoms with Gasteiger partial charge in [0.25, 0.3) is 0 Å². The summed E-state index contributed by atoms with van der Waals surface area (Å²) in [7, 11) is 1.89. The maximum atomic E-state index is 6.49. The topological polar surface area (TPSA) is 60.0 Å². The molecule has 1 aliphatic carbocycles. The average molecular weight is 336 g/mol. The molecule has 0 aromatic carbocycles. The molecule has 3 heterocycles. The molecule has 2 fully saturated rings. The van der Waals surface area contributed by atoms with Crippen molar-refractivity contribution >= 4 is 11.6 Å². The average Bonchev–Trinajstić information content (AvgIpc) is 2.96. The molecule has 0 bridgehead atoms. The van der Waals surface area contributed by atoms with Crippen LogP contribution in [0.15, 0.2) is 4.52 Å². The Kier molecular flexibility index (Phi) is 3.69. The third kappa shape index (κ3) is 2.58. The Hall–Kier alpha value is -1.40. The van der Waals surface area contributed by atoms with Gasteiger partial charge in [0.15, 0.2) is 5.82 Å². The molecule has 2 aromatic heterocycles. The quantitative estimate of drug-likeness (QED) is 0.855. The van der Waals surface area contributed by atoms with Crippen molar-refractivity contribution in [2.75, 3.05) is 6.54 Å². The van der Waals surface area contributed by atoms with Gasteiger partial charge in [0.1, 0.15) is 5.15 Å². The van der Waals surface area contributed by atoms with Gasteiger partial charge in [-0.25, -0.2) is 0 Å². The van der Waals surface area contributed by atoms with Crippen molar-refractivity contribution in [2.45, 2.75) is 57.5 Å². The van der Waals surface area contributed by atoms with Crippen LogP contribution in [0.25, 0.3) is 0 Å². The maximum absolute atomic E-state index is 6.49. The van der Waals surface area contributed by atoms with Crippen LogP contribution in [0, 0.1) is 6.92 Å². The van der Waals surface area contributed by atoms with E-state index in [1.165, 1.54) is 12.8 Å². The Morgan fingerprint density at radius 1 is 1.30 bits per heavy atom. The monoisotopic (exact) mass is 335 g/mol. The van der Waals surface area contributed by atoms with Crippen molar-refractivity contribution in [2.24, 2.45) is 7.05 Å². The molecule has 1 saturated heterocycles. The zero-order valence-electron chi connectivity index (χ0n) is 13.8. The van der Waals surface area contributed by atoms with Crippen molar-refractivity contribution < 1.29 is 4.52 Å². The fourth-order valence-electron chi connectivity index (χ4n) is 3.65. The molecule has 4 rings (SSSR count). The lowest BCUT2D eigenvalue weighted by molar-refractivity contribution is 0.158. The second-order valence-corrected chi connectivity index (χ2v) is 7.11. The normalized spacial score (nSPS) is 23.6. The van der Waals surface area contributed by atoms with Gasteiger partial charge in [-0.05, 0) is 46.1 Å². The van der Waals surface area contributed by atoms with Crippen LogP contribution in [-0.4, -0.2) is 31.4 Å². The first kappa shape index (κ1) is 15.1. The molecule has 6 nitrogen and oxygen atoms in total. The summed E-state index contributed by atoms with van der Waals surface area (Å²) in [6.45, 7) is 5.18. The third-order valence-electron chi connectivity index (χ3n) is 5.08. The van der Waals surface area contributed by atoms with Gasteiger partial charge in [0, 0.05) is 24.6 Å². The van der Waals surface area contributed by atoms with Crippen molar-refractivity contribution in [3.63, 3.8) is 0 Å². The van der Waals surface area contributed by atoms with Gasteiger partial charge in [-0.3, -0.25) is 9.58 Å². The minimum absolute atomic E-state index is 0.0955. The molecule has 1 saturated carbocycles. The summed E-state index contributed by atoms with van der Waals surface area (Å²) >= 11 is 6.49. The predicted molar refractivity (Wildman–Crippen MR) is 86.3 cm³/mol. The highest BCUT2D eigenvalue weighted by Crippen LogP contribution is 2.43. The lowest BCUT2D eigenvalue weighted by atomic mass is 10.0. The Labute approximate surface area is 140 Å². The minimum Gasteiger partial charge on any atom is -0.338 e. The number of nitrogens with zero attached hydrogens (tertiary/aromatic N) is 5. The van der Waals surface area contributed by atoms with Gasteiger partial charge >= 0.3 is 0 Å². The molecule has 0 amide bonds. The molecule has 1 aliphatic heterocycles. The van der Waals surface area contributed by atoms with E-state index in [9.17, 15) is 0 Å². The minimum atomic E-state index is 0.0955. The van der Waals surface area contributed by atoms with E-state index in [1.807, 2.05) is 14.0 Å². The van der Waals surface area contributed by atoms with Crippen LogP contribution in [0.2, 0.25) is 5.15 Å². The number of likely N-dealkylation sites (tertiary alicyclic amines) is 1. The van der Waals surface area contributed by atoms with Crippen LogP contribution < -0.4 is 0 Å². The van der Waals surface area contributed by atoms with E-state index in [-0.39, 0.29) is 12.1 Å². The number of aryl methyl sites for hydroxylation is 2. The van der Waals surface area contributed by atoms with E-state index in [0.29, 0.717) is 5.92 Å². The number of halogens is 1. The first-order valence-corrected chi connectivity index (χ1v) is 8.72. The summed E-state index contributed by atoms with van der Waals surface area (Å²) in [6, 6.07) is 0.362. The second kappa shape index (κ2) is 5.60. The lowest BCUT2D eigenvalue weighted by Gasteiger charge is -2.28. The van der Waals surface area contributed by atoms with Gasteiger partial charge in [0.2, 0.25) is 5.89 Å². The summed E-state index contributed by atoms with van der Waals surface area (Å²) in [5.74, 6) is 2.11. The summed E-state index contributed by atoms with van der Waals surface area (Å²) in [4.78, 5) is 7.04. The molecule has 7 heteroatoms. The fourth-order valence-corrected chi connectivity index (χ4v) is 3.95. The van der Waals surface area contributed by atoms with Crippen LogP contribution in [-0.2, 0) is 7.05 Å². The highest BCUT2D eigenvalue weighted by Gasteiger charge is 2.37. The molecule has 0 unspecified atom stereocenters. The molecule has 0 radical (unpaired) electrons. The van der Waals surface area contributed by atoms with Gasteiger partial charge in [-0.15, -0.1) is 0 Å². The van der Waals surface area contributed by atoms with Gasteiger partial charge in [-0.2, -0.15) is 10.1 Å². The first-order valence-electron chi connectivity index (χ1n) is 8.34. The summed E-state index contributed by atoms with van der Waals surface area (Å²) in [5, 5.41) is 9.35. The summed E-state index contributed by atoms with van der Waals surface area (Å²) < 4.78 is 7.29. The maximum Gasteiger partial charge on any atom is 0.243 e. The Bertz CT molecular complexity index is 720. The number of rotatable bonds is 4. The number of hydrogen-bond donors (Lipinski definition) is 0. The van der Waals surface area contributed by atoms with E-state index in [0.717, 1.165) is 47.5 Å². The Morgan fingerprint density at radius 2 is 2.09 bits per heavy atom. The van der Waals surface area contributed by atoms with Gasteiger partial charge in [0.05, 0.1) is 11.7 Å². The van der Waals surface area contributed by atoms with Crippen LogP contribution in [0.4, 0.5) is 0 Å². The molecular weight excluding hydrogens is 314 g/mol. The van der Waals surface area contributed by atoms with E-state index in [1.54, 1.807) is 4.68 Å². The van der Waals surface area contributed by atoms with E-state index < -0.39 is 0 Å². The first-order chi connectivity index (χ1) is 11.1. The third-order valence-corrected chi connectivity index (χ3v) is 5.53. The number of hydrogen-bond acceptors (Lipinski definition) is 5. The molecule has 124 valence electrons. The van der Waals surface area contributed by atoms with Crippen LogP contribution in [0.1, 0.15) is 73.6 Å². The number of aromatic nitrogens is 4. The molecule has 0 N–H and O–H groups in total. The Morgan fingerprint density at radius 3 is 2.74 bits per heavy atom. The largest absolute Gasteiger partial charge is 0.338 e. The van der Waals surface area contributed by atoms with Gasteiger partial charge < -0.3 is 4.52 Å². The molecule has 0 spiro atoms. The van der Waals surface area contributed by atoms with Gasteiger partial charge in [-0.1, -0.05) is 16.8 Å². The Balaban J connectivity index is 1.61. The molecule has 2 aromatic rings. The molecule has 23 heavy (non-hydrogen) atoms. The van der Waals surface area contributed by atoms with E-state index in [4.69, 9.17) is 16.1 Å². The van der Waals surface area contributed by atoms with Crippen molar-refractivity contribution in [1.82, 2.24) is 24.8 Å². The highest BCUT2D eigenvalue weighted by molar-refractivity contribution is 6.30. The van der Waals surface area contributed by atoms with E-state index >= 15 is 0 Å². The van der Waals surface area contributed by atoms with Crippen LogP contribution in [0.3, 0.4) is 0 Å². The van der Waals surface area contributed by atoms with Crippen molar-refractivity contribution in [1.29, 1.82) is 0 Å². The molecule has 2 aliphatic rings. The standard InChI is InChI=1S/C16H22ClN5O/c1-9-13(14(17)21(3)19-9)12-5-4-8-22(12)10(2)16-18-15(20-23-16)11-6-7-11/h10-12H,4-8H2,1-3H3/t10-,12+/m0/s1. The predicted octanol–water partition coefficient (Wildman–Crippen LogP) is 3.54. The van der Waals surface area contributed by atoms with Crippen LogP contribution in [0.5, 0.6) is 0 Å². The summed E-state index contributed by atoms with van der Waals surface area (Å²) in [6.07, 6.45) is 4.60. The molecule has 2 atom stereocenters. The lowest BCUT2D eigenvalue weighted by Crippen LogP contribution is -2.27. The summed E-state index contributed by atoms with van der Waals surface area (Å²) in [5.41, 5.74) is 2.14. The highest BCUT2D eigenvalue weighted by atomic mass is 35.5. The SMILES string of the molecule is Cc1nn(C)c(Cl)c1[C@H]1CCCN1[C@@H](C)c1nc(C2CC2)no1. The molecular formula is C16H22ClN5O. The zero-order valence-corrected chi connectivity index (χ0v) is 14.5. The smallest absolute Gasteiger partial charge is 0.243 e. The van der Waals surface area contributed by atoms with E-state index in [2.05, 4.69) is 27.1 Å². The van der Waals surface area contributed by atoms with Crippen LogP contribution >= 0.6 is 11.6 Å². The second-order valence-electron chi connectivity index (χ2n) is 6.75. The van der Waals surface area contributed by atoms with Crippen molar-refractivity contribution in [3.8, 4) is 0 Å². The van der Waals surface area contributed by atoms with Crippen molar-refractivity contribution in [3.05, 3.63) is 28.1 Å².